The summed E-state index contributed by atoms with van der Waals surface area (Å²) in [5, 5.41) is 3.34. The molecule has 2 fully saturated rings. The van der Waals surface area contributed by atoms with Crippen LogP contribution >= 0.6 is 0 Å². The summed E-state index contributed by atoms with van der Waals surface area (Å²) in [5.41, 5.74) is 1.10. The lowest BCUT2D eigenvalue weighted by Gasteiger charge is -2.32. The van der Waals surface area contributed by atoms with E-state index >= 15 is 0 Å². The molecule has 0 aromatic heterocycles. The quantitative estimate of drug-likeness (QED) is 0.908. The van der Waals surface area contributed by atoms with E-state index in [9.17, 15) is 0 Å². The van der Waals surface area contributed by atoms with Crippen LogP contribution < -0.4 is 10.1 Å². The van der Waals surface area contributed by atoms with E-state index in [2.05, 4.69) is 11.4 Å². The Balaban J connectivity index is 1.77. The van der Waals surface area contributed by atoms with Crippen molar-refractivity contribution in [3.8, 4) is 5.75 Å². The summed E-state index contributed by atoms with van der Waals surface area (Å²) in [5.74, 6) is 0.527. The molecule has 104 valence electrons. The molecular formula is C15H21NO3. The molecule has 0 radical (unpaired) electrons. The van der Waals surface area contributed by atoms with Crippen molar-refractivity contribution >= 4 is 0 Å². The number of benzene rings is 1. The topological polar surface area (TPSA) is 39.7 Å². The smallest absolute Gasteiger partial charge is 0.171 e. The number of piperidine rings is 1. The number of nitrogens with one attached hydrogen (secondary N) is 1. The first-order chi connectivity index (χ1) is 9.33. The number of para-hydroxylation sites is 1. The van der Waals surface area contributed by atoms with Gasteiger partial charge in [-0.25, -0.2) is 0 Å². The summed E-state index contributed by atoms with van der Waals surface area (Å²) < 4.78 is 17.9. The molecule has 1 unspecified atom stereocenters. The lowest BCUT2D eigenvalue weighted by atomic mass is 10.1. The normalized spacial score (nSPS) is 25.6. The third kappa shape index (κ3) is 2.61. The van der Waals surface area contributed by atoms with Crippen molar-refractivity contribution in [3.05, 3.63) is 29.8 Å². The molecule has 0 aliphatic carbocycles. The Kier molecular flexibility index (Phi) is 3.73. The maximum Gasteiger partial charge on any atom is 0.171 e. The molecule has 3 rings (SSSR count). The predicted octanol–water partition coefficient (Wildman–Crippen LogP) is 2.25. The molecule has 0 saturated carbocycles. The first-order valence-electron chi connectivity index (χ1n) is 7.07. The van der Waals surface area contributed by atoms with E-state index in [4.69, 9.17) is 14.2 Å². The standard InChI is InChI=1S/C15H21NO3/c1-2-17-13-6-4-3-5-12(13)14-11-18-15(19-14)7-9-16-10-8-15/h3-6,14,16H,2,7-11H2,1H3. The van der Waals surface area contributed by atoms with Crippen molar-refractivity contribution in [2.24, 2.45) is 0 Å². The second-order valence-corrected chi connectivity index (χ2v) is 5.05. The van der Waals surface area contributed by atoms with Crippen molar-refractivity contribution in [1.82, 2.24) is 5.32 Å². The fraction of sp³-hybridized carbons (Fsp3) is 0.600. The molecule has 2 heterocycles. The minimum absolute atomic E-state index is 0.0131. The van der Waals surface area contributed by atoms with E-state index in [0.29, 0.717) is 13.2 Å². The van der Waals surface area contributed by atoms with Crippen LogP contribution in [0.1, 0.15) is 31.4 Å². The van der Waals surface area contributed by atoms with Gasteiger partial charge in [0.15, 0.2) is 5.79 Å². The number of hydrogen-bond donors (Lipinski definition) is 1. The third-order valence-corrected chi connectivity index (χ3v) is 3.79. The molecule has 2 saturated heterocycles. The number of ether oxygens (including phenoxy) is 3. The fourth-order valence-electron chi connectivity index (χ4n) is 2.81. The van der Waals surface area contributed by atoms with Crippen LogP contribution in [0.25, 0.3) is 0 Å². The van der Waals surface area contributed by atoms with Crippen LogP contribution in [0.5, 0.6) is 5.75 Å². The monoisotopic (exact) mass is 263 g/mol. The Morgan fingerprint density at radius 2 is 2.11 bits per heavy atom. The molecule has 2 aliphatic rings. The van der Waals surface area contributed by atoms with Gasteiger partial charge in [-0.15, -0.1) is 0 Å². The van der Waals surface area contributed by atoms with Crippen molar-refractivity contribution in [3.63, 3.8) is 0 Å². The molecule has 19 heavy (non-hydrogen) atoms. The molecule has 1 atom stereocenters. The largest absolute Gasteiger partial charge is 0.493 e. The summed E-state index contributed by atoms with van der Waals surface area (Å²) in [4.78, 5) is 0. The Hall–Kier alpha value is -1.10. The average molecular weight is 263 g/mol. The van der Waals surface area contributed by atoms with Crippen LogP contribution in [0.4, 0.5) is 0 Å². The van der Waals surface area contributed by atoms with Gasteiger partial charge in [0.05, 0.1) is 13.2 Å². The molecule has 0 bridgehead atoms. The average Bonchev–Trinajstić information content (AvgIpc) is 2.84. The van der Waals surface area contributed by atoms with Gasteiger partial charge >= 0.3 is 0 Å². The fourth-order valence-corrected chi connectivity index (χ4v) is 2.81. The van der Waals surface area contributed by atoms with Crippen LogP contribution in [0.2, 0.25) is 0 Å². The first kappa shape index (κ1) is 12.9. The molecule has 2 aliphatic heterocycles. The zero-order valence-corrected chi connectivity index (χ0v) is 11.4. The second-order valence-electron chi connectivity index (χ2n) is 5.05. The first-order valence-corrected chi connectivity index (χ1v) is 7.07. The van der Waals surface area contributed by atoms with Gasteiger partial charge in [0.25, 0.3) is 0 Å². The van der Waals surface area contributed by atoms with E-state index < -0.39 is 0 Å². The van der Waals surface area contributed by atoms with Gasteiger partial charge in [0.2, 0.25) is 0 Å². The van der Waals surface area contributed by atoms with Crippen LogP contribution in [0, 0.1) is 0 Å². The van der Waals surface area contributed by atoms with Crippen LogP contribution in [-0.4, -0.2) is 32.1 Å². The predicted molar refractivity (Wildman–Crippen MR) is 72.2 cm³/mol. The maximum absolute atomic E-state index is 6.22. The minimum atomic E-state index is -0.380. The van der Waals surface area contributed by atoms with Crippen molar-refractivity contribution in [2.75, 3.05) is 26.3 Å². The zero-order valence-electron chi connectivity index (χ0n) is 11.4. The van der Waals surface area contributed by atoms with Gasteiger partial charge in [-0.1, -0.05) is 18.2 Å². The Labute approximate surface area is 114 Å². The molecule has 1 aromatic rings. The van der Waals surface area contributed by atoms with Crippen molar-refractivity contribution in [2.45, 2.75) is 31.7 Å². The summed E-state index contributed by atoms with van der Waals surface area (Å²) in [6.45, 7) is 5.19. The number of rotatable bonds is 3. The van der Waals surface area contributed by atoms with Crippen LogP contribution in [0.15, 0.2) is 24.3 Å². The Bertz CT molecular complexity index is 429. The highest BCUT2D eigenvalue weighted by Gasteiger charge is 2.43. The molecule has 4 nitrogen and oxygen atoms in total. The van der Waals surface area contributed by atoms with Gasteiger partial charge in [0.1, 0.15) is 11.9 Å². The van der Waals surface area contributed by atoms with E-state index in [0.717, 1.165) is 37.2 Å². The zero-order chi connectivity index (χ0) is 13.1. The van der Waals surface area contributed by atoms with E-state index in [1.165, 1.54) is 0 Å². The van der Waals surface area contributed by atoms with Gasteiger partial charge in [0, 0.05) is 31.5 Å². The highest BCUT2D eigenvalue weighted by atomic mass is 16.7. The highest BCUT2D eigenvalue weighted by molar-refractivity contribution is 5.35. The van der Waals surface area contributed by atoms with E-state index in [-0.39, 0.29) is 11.9 Å². The van der Waals surface area contributed by atoms with E-state index in [1.54, 1.807) is 0 Å². The van der Waals surface area contributed by atoms with E-state index in [1.807, 2.05) is 25.1 Å². The van der Waals surface area contributed by atoms with Crippen molar-refractivity contribution < 1.29 is 14.2 Å². The third-order valence-electron chi connectivity index (χ3n) is 3.79. The van der Waals surface area contributed by atoms with Gasteiger partial charge in [-0.05, 0) is 13.0 Å². The maximum atomic E-state index is 6.22. The minimum Gasteiger partial charge on any atom is -0.493 e. The lowest BCUT2D eigenvalue weighted by molar-refractivity contribution is -0.183. The van der Waals surface area contributed by atoms with Gasteiger partial charge < -0.3 is 19.5 Å². The second kappa shape index (κ2) is 5.49. The summed E-state index contributed by atoms with van der Waals surface area (Å²) >= 11 is 0. The summed E-state index contributed by atoms with van der Waals surface area (Å²) in [7, 11) is 0. The summed E-state index contributed by atoms with van der Waals surface area (Å²) in [6, 6.07) is 8.08. The molecular weight excluding hydrogens is 242 g/mol. The van der Waals surface area contributed by atoms with Crippen LogP contribution in [0.3, 0.4) is 0 Å². The molecule has 1 spiro atoms. The van der Waals surface area contributed by atoms with Crippen molar-refractivity contribution in [1.29, 1.82) is 0 Å². The Morgan fingerprint density at radius 1 is 1.32 bits per heavy atom. The molecule has 1 aromatic carbocycles. The highest BCUT2D eigenvalue weighted by Crippen LogP contribution is 2.41. The SMILES string of the molecule is CCOc1ccccc1C1COC2(CCNCC2)O1. The van der Waals surface area contributed by atoms with Crippen LogP contribution in [-0.2, 0) is 9.47 Å². The lowest BCUT2D eigenvalue weighted by Crippen LogP contribution is -2.42. The summed E-state index contributed by atoms with van der Waals surface area (Å²) in [6.07, 6.45) is 1.82. The molecule has 1 N–H and O–H groups in total. The van der Waals surface area contributed by atoms with Gasteiger partial charge in [-0.2, -0.15) is 0 Å². The van der Waals surface area contributed by atoms with Gasteiger partial charge in [-0.3, -0.25) is 0 Å². The molecule has 4 heteroatoms. The Morgan fingerprint density at radius 3 is 2.89 bits per heavy atom. The number of hydrogen-bond acceptors (Lipinski definition) is 4. The molecule has 0 amide bonds.